The molecule has 0 amide bonds. The van der Waals surface area contributed by atoms with E-state index in [1.54, 1.807) is 0 Å². The molecule has 0 atom stereocenters. The summed E-state index contributed by atoms with van der Waals surface area (Å²) in [7, 11) is 1.85. The molecule has 0 heterocycles. The van der Waals surface area contributed by atoms with Crippen LogP contribution in [0.15, 0.2) is 4.99 Å². The number of hydrogen-bond donors (Lipinski definition) is 2. The Balaban J connectivity index is 2.05. The standard InChI is InChI=1S/C14H29N3/c1-4-12(5-2)11-17-14(15-3)16-10-6-7-13-8-9-13/h12-13H,4-11H2,1-3H3,(H2,15,16,17). The summed E-state index contributed by atoms with van der Waals surface area (Å²) < 4.78 is 0. The third-order valence-corrected chi connectivity index (χ3v) is 3.72. The van der Waals surface area contributed by atoms with Crippen LogP contribution in [0.4, 0.5) is 0 Å². The minimum absolute atomic E-state index is 0.764. The maximum atomic E-state index is 4.26. The topological polar surface area (TPSA) is 36.4 Å². The molecular weight excluding hydrogens is 210 g/mol. The van der Waals surface area contributed by atoms with Gasteiger partial charge in [0.2, 0.25) is 0 Å². The third kappa shape index (κ3) is 6.54. The summed E-state index contributed by atoms with van der Waals surface area (Å²) in [5, 5.41) is 6.81. The van der Waals surface area contributed by atoms with Crippen LogP contribution in [-0.4, -0.2) is 26.1 Å². The van der Waals surface area contributed by atoms with Crippen molar-refractivity contribution in [1.82, 2.24) is 10.6 Å². The van der Waals surface area contributed by atoms with Gasteiger partial charge in [0.15, 0.2) is 5.96 Å². The summed E-state index contributed by atoms with van der Waals surface area (Å²) in [6.45, 7) is 6.59. The summed E-state index contributed by atoms with van der Waals surface area (Å²) in [6, 6.07) is 0. The normalized spacial score (nSPS) is 16.4. The number of hydrogen-bond acceptors (Lipinski definition) is 1. The first-order valence-electron chi connectivity index (χ1n) is 7.24. The molecule has 0 bridgehead atoms. The van der Waals surface area contributed by atoms with Crippen molar-refractivity contribution in [3.05, 3.63) is 0 Å². The Kier molecular flexibility index (Phi) is 7.06. The molecule has 2 N–H and O–H groups in total. The SMILES string of the molecule is CCC(CC)CNC(=NC)NCCCC1CC1. The third-order valence-electron chi connectivity index (χ3n) is 3.72. The first kappa shape index (κ1) is 14.3. The van der Waals surface area contributed by atoms with Crippen molar-refractivity contribution in [3.63, 3.8) is 0 Å². The van der Waals surface area contributed by atoms with Crippen LogP contribution in [0, 0.1) is 11.8 Å². The van der Waals surface area contributed by atoms with Crippen molar-refractivity contribution < 1.29 is 0 Å². The Labute approximate surface area is 106 Å². The molecule has 100 valence electrons. The van der Waals surface area contributed by atoms with Crippen molar-refractivity contribution in [2.24, 2.45) is 16.8 Å². The molecule has 1 rings (SSSR count). The second-order valence-electron chi connectivity index (χ2n) is 5.15. The molecule has 0 aromatic rings. The lowest BCUT2D eigenvalue weighted by atomic mass is 10.0. The van der Waals surface area contributed by atoms with Gasteiger partial charge in [-0.1, -0.05) is 39.5 Å². The van der Waals surface area contributed by atoms with E-state index in [-0.39, 0.29) is 0 Å². The number of aliphatic imine (C=N–C) groups is 1. The number of guanidine groups is 1. The van der Waals surface area contributed by atoms with Crippen molar-refractivity contribution in [2.45, 2.75) is 52.4 Å². The molecule has 0 aromatic carbocycles. The Bertz CT molecular complexity index is 218. The first-order valence-corrected chi connectivity index (χ1v) is 7.24. The molecule has 1 aliphatic carbocycles. The van der Waals surface area contributed by atoms with Gasteiger partial charge in [-0.25, -0.2) is 0 Å². The van der Waals surface area contributed by atoms with Crippen LogP contribution < -0.4 is 10.6 Å². The summed E-state index contributed by atoms with van der Waals surface area (Å²) in [4.78, 5) is 4.26. The van der Waals surface area contributed by atoms with Gasteiger partial charge in [0, 0.05) is 20.1 Å². The van der Waals surface area contributed by atoms with Gasteiger partial charge in [-0.15, -0.1) is 0 Å². The van der Waals surface area contributed by atoms with Gasteiger partial charge < -0.3 is 10.6 Å². The molecule has 0 spiro atoms. The summed E-state index contributed by atoms with van der Waals surface area (Å²) in [5.41, 5.74) is 0. The fraction of sp³-hybridized carbons (Fsp3) is 0.929. The van der Waals surface area contributed by atoms with Crippen LogP contribution in [0.3, 0.4) is 0 Å². The maximum absolute atomic E-state index is 4.26. The highest BCUT2D eigenvalue weighted by Crippen LogP contribution is 2.33. The second kappa shape index (κ2) is 8.37. The van der Waals surface area contributed by atoms with Crippen LogP contribution in [0.25, 0.3) is 0 Å². The van der Waals surface area contributed by atoms with Crippen molar-refractivity contribution in [1.29, 1.82) is 0 Å². The molecule has 1 fully saturated rings. The predicted octanol–water partition coefficient (Wildman–Crippen LogP) is 2.78. The zero-order chi connectivity index (χ0) is 12.5. The van der Waals surface area contributed by atoms with Crippen LogP contribution in [0.1, 0.15) is 52.4 Å². The van der Waals surface area contributed by atoms with Gasteiger partial charge in [0.05, 0.1) is 0 Å². The van der Waals surface area contributed by atoms with E-state index < -0.39 is 0 Å². The quantitative estimate of drug-likeness (QED) is 0.388. The number of nitrogens with one attached hydrogen (secondary N) is 2. The van der Waals surface area contributed by atoms with Crippen LogP contribution in [-0.2, 0) is 0 Å². The average molecular weight is 239 g/mol. The van der Waals surface area contributed by atoms with E-state index in [0.717, 1.165) is 30.9 Å². The highest BCUT2D eigenvalue weighted by molar-refractivity contribution is 5.79. The van der Waals surface area contributed by atoms with E-state index >= 15 is 0 Å². The lowest BCUT2D eigenvalue weighted by Gasteiger charge is -2.16. The number of nitrogens with zero attached hydrogens (tertiary/aromatic N) is 1. The van der Waals surface area contributed by atoms with E-state index in [9.17, 15) is 0 Å². The first-order chi connectivity index (χ1) is 8.30. The summed E-state index contributed by atoms with van der Waals surface area (Å²) in [5.74, 6) is 2.77. The highest BCUT2D eigenvalue weighted by Gasteiger charge is 2.19. The lowest BCUT2D eigenvalue weighted by molar-refractivity contribution is 0.481. The predicted molar refractivity (Wildman–Crippen MR) is 75.4 cm³/mol. The summed E-state index contributed by atoms with van der Waals surface area (Å²) >= 11 is 0. The van der Waals surface area contributed by atoms with E-state index in [4.69, 9.17) is 0 Å². The Morgan fingerprint density at radius 2 is 1.94 bits per heavy atom. The van der Waals surface area contributed by atoms with E-state index in [1.165, 1.54) is 38.5 Å². The Hall–Kier alpha value is -0.730. The fourth-order valence-electron chi connectivity index (χ4n) is 2.04. The molecule has 3 nitrogen and oxygen atoms in total. The molecular formula is C14H29N3. The fourth-order valence-corrected chi connectivity index (χ4v) is 2.04. The van der Waals surface area contributed by atoms with Crippen molar-refractivity contribution in [2.75, 3.05) is 20.1 Å². The molecule has 0 aliphatic heterocycles. The minimum atomic E-state index is 0.764. The molecule has 0 unspecified atom stereocenters. The van der Waals surface area contributed by atoms with Gasteiger partial charge in [-0.05, 0) is 24.7 Å². The largest absolute Gasteiger partial charge is 0.356 e. The summed E-state index contributed by atoms with van der Waals surface area (Å²) in [6.07, 6.45) is 8.06. The van der Waals surface area contributed by atoms with Crippen molar-refractivity contribution in [3.8, 4) is 0 Å². The van der Waals surface area contributed by atoms with E-state index in [0.29, 0.717) is 0 Å². The number of rotatable bonds is 8. The molecule has 17 heavy (non-hydrogen) atoms. The molecule has 1 saturated carbocycles. The monoisotopic (exact) mass is 239 g/mol. The van der Waals surface area contributed by atoms with Gasteiger partial charge in [-0.2, -0.15) is 0 Å². The van der Waals surface area contributed by atoms with Crippen LogP contribution in [0.5, 0.6) is 0 Å². The molecule has 0 saturated heterocycles. The molecule has 0 aromatic heterocycles. The van der Waals surface area contributed by atoms with Crippen LogP contribution >= 0.6 is 0 Å². The van der Waals surface area contributed by atoms with Gasteiger partial charge >= 0.3 is 0 Å². The lowest BCUT2D eigenvalue weighted by Crippen LogP contribution is -2.40. The van der Waals surface area contributed by atoms with Gasteiger partial charge in [0.25, 0.3) is 0 Å². The molecule has 0 radical (unpaired) electrons. The van der Waals surface area contributed by atoms with Crippen LogP contribution in [0.2, 0.25) is 0 Å². The average Bonchev–Trinajstić information content (AvgIpc) is 3.17. The Morgan fingerprint density at radius 3 is 2.47 bits per heavy atom. The highest BCUT2D eigenvalue weighted by atomic mass is 15.2. The minimum Gasteiger partial charge on any atom is -0.356 e. The maximum Gasteiger partial charge on any atom is 0.190 e. The zero-order valence-corrected chi connectivity index (χ0v) is 11.8. The van der Waals surface area contributed by atoms with Gasteiger partial charge in [0.1, 0.15) is 0 Å². The van der Waals surface area contributed by atoms with E-state index in [2.05, 4.69) is 29.5 Å². The van der Waals surface area contributed by atoms with E-state index in [1.807, 2.05) is 7.05 Å². The second-order valence-corrected chi connectivity index (χ2v) is 5.15. The van der Waals surface area contributed by atoms with Crippen molar-refractivity contribution >= 4 is 5.96 Å². The molecule has 3 heteroatoms. The molecule has 1 aliphatic rings. The zero-order valence-electron chi connectivity index (χ0n) is 11.8. The smallest absolute Gasteiger partial charge is 0.190 e. The van der Waals surface area contributed by atoms with Gasteiger partial charge in [-0.3, -0.25) is 4.99 Å². The Morgan fingerprint density at radius 1 is 1.24 bits per heavy atom.